The third kappa shape index (κ3) is 6.77. The maximum atomic E-state index is 14.9. The number of para-hydroxylation sites is 1. The predicted octanol–water partition coefficient (Wildman–Crippen LogP) is 2.44. The van der Waals surface area contributed by atoms with Gasteiger partial charge < -0.3 is 38.7 Å². The minimum absolute atomic E-state index is 0. The number of aryl methyl sites for hydroxylation is 1. The van der Waals surface area contributed by atoms with E-state index in [-0.39, 0.29) is 75.1 Å². The number of benzene rings is 5. The Morgan fingerprint density at radius 1 is 0.704 bits per heavy atom. The van der Waals surface area contributed by atoms with E-state index in [0.29, 0.717) is 56.9 Å². The molecular formula is C41H29N2NaO9S. The molecule has 0 saturated carbocycles. The average molecular weight is 749 g/mol. The monoisotopic (exact) mass is 748 g/mol. The zero-order chi connectivity index (χ0) is 37.0. The number of rotatable bonds is 8. The molecule has 0 unspecified atom stereocenters. The van der Waals surface area contributed by atoms with Crippen LogP contribution in [0.1, 0.15) is 27.2 Å². The van der Waals surface area contributed by atoms with Crippen molar-refractivity contribution in [3.8, 4) is 51.0 Å². The molecule has 13 heteroatoms. The normalized spacial score (nSPS) is 12.7. The van der Waals surface area contributed by atoms with Crippen molar-refractivity contribution in [2.75, 3.05) is 0 Å². The van der Waals surface area contributed by atoms with Crippen LogP contribution in [0.15, 0.2) is 115 Å². The molecule has 5 N–H and O–H groups in total. The van der Waals surface area contributed by atoms with Gasteiger partial charge in [-0.05, 0) is 89.3 Å². The molecular weight excluding hydrogens is 720 g/mol. The fourth-order valence-corrected chi connectivity index (χ4v) is 7.36. The van der Waals surface area contributed by atoms with Gasteiger partial charge in [-0.25, -0.2) is 8.42 Å². The third-order valence-corrected chi connectivity index (χ3v) is 9.68. The standard InChI is InChI=1S/C41H30N2O9S.Na/c44-27-12-4-23(5-13-27)20-21-43-32(22-24-6-14-28(45)15-7-24)34(25-8-16-29(46)17-9-25)37-36-31-2-1-3-33(52-53(49,50)51)38(31)42-39(36)41(48)35(40(37)43)26-10-18-30(47)19-11-26;/h1-19,22,42,44-47H,20-21H2,(H,49,50,51);/q;+1/p-1/b32-22-;. The number of ketones is 1. The van der Waals surface area contributed by atoms with E-state index in [0.717, 1.165) is 11.1 Å². The van der Waals surface area contributed by atoms with Gasteiger partial charge in [-0.3, -0.25) is 4.79 Å². The molecule has 54 heavy (non-hydrogen) atoms. The van der Waals surface area contributed by atoms with Crippen molar-refractivity contribution in [2.24, 2.45) is 0 Å². The Morgan fingerprint density at radius 2 is 1.26 bits per heavy atom. The van der Waals surface area contributed by atoms with Crippen molar-refractivity contribution in [1.82, 2.24) is 9.55 Å². The number of nitrogens with zero attached hydrogens (tertiary/aromatic N) is 1. The number of aromatic hydroxyl groups is 4. The molecule has 8 rings (SSSR count). The first-order valence-corrected chi connectivity index (χ1v) is 17.8. The molecule has 1 aliphatic rings. The van der Waals surface area contributed by atoms with Gasteiger partial charge in [0.1, 0.15) is 23.0 Å². The number of carbonyl (C=O) groups is 1. The number of hydrogen-bond acceptors (Lipinski definition) is 9. The summed E-state index contributed by atoms with van der Waals surface area (Å²) in [6.45, 7) is 0.338. The van der Waals surface area contributed by atoms with Crippen LogP contribution in [0.25, 0.3) is 44.8 Å². The summed E-state index contributed by atoms with van der Waals surface area (Å²) in [4.78, 5) is 18.0. The van der Waals surface area contributed by atoms with E-state index in [1.165, 1.54) is 24.3 Å². The molecule has 11 nitrogen and oxygen atoms in total. The Balaban J connectivity index is 0.00000450. The number of nitrogens with one attached hydrogen (secondary N) is 1. The first kappa shape index (κ1) is 36.6. The van der Waals surface area contributed by atoms with E-state index in [1.807, 2.05) is 22.8 Å². The van der Waals surface area contributed by atoms with Crippen LogP contribution in [0.2, 0.25) is 0 Å². The molecule has 0 aliphatic heterocycles. The average Bonchev–Trinajstić information content (AvgIpc) is 3.66. The van der Waals surface area contributed by atoms with Crippen molar-refractivity contribution in [3.63, 3.8) is 0 Å². The van der Waals surface area contributed by atoms with Crippen molar-refractivity contribution >= 4 is 38.7 Å². The summed E-state index contributed by atoms with van der Waals surface area (Å²) in [6.07, 6.45) is 2.41. The Labute approximate surface area is 330 Å². The van der Waals surface area contributed by atoms with Crippen LogP contribution in [0.4, 0.5) is 0 Å². The van der Waals surface area contributed by atoms with Crippen LogP contribution in [-0.4, -0.2) is 48.7 Å². The molecule has 0 fully saturated rings. The molecule has 0 saturated heterocycles. The molecule has 264 valence electrons. The van der Waals surface area contributed by atoms with Gasteiger partial charge in [0.05, 0.1) is 27.5 Å². The van der Waals surface area contributed by atoms with Crippen molar-refractivity contribution in [2.45, 2.75) is 13.0 Å². The van der Waals surface area contributed by atoms with Crippen LogP contribution >= 0.6 is 0 Å². The summed E-state index contributed by atoms with van der Waals surface area (Å²) in [5, 5.41) is 42.2. The molecule has 5 aromatic carbocycles. The number of H-pyrrole nitrogens is 1. The van der Waals surface area contributed by atoms with Gasteiger partial charge in [0.15, 0.2) is 5.75 Å². The zero-order valence-electron chi connectivity index (χ0n) is 28.6. The number of phenols is 4. The molecule has 1 aliphatic carbocycles. The van der Waals surface area contributed by atoms with Gasteiger partial charge in [0.25, 0.3) is 10.4 Å². The Kier molecular flexibility index (Phi) is 9.65. The molecule has 0 bridgehead atoms. The number of aromatic amines is 1. The van der Waals surface area contributed by atoms with Crippen molar-refractivity contribution < 1.29 is 71.9 Å². The molecule has 7 aromatic rings. The SMILES string of the molecule is O=C1C(c2ccc(O)cc2)=c2c(c(-c3ccc(O)cc3)/c(=C/c3ccc(O)cc3)n2CCc2ccc(O)cc2)-c2c1[nH]c1c(OS(=O)(=O)[O-])cccc21.[Na+]. The molecule has 0 atom stereocenters. The number of aromatic nitrogens is 2. The van der Waals surface area contributed by atoms with Gasteiger partial charge in [0, 0.05) is 28.6 Å². The third-order valence-electron chi connectivity index (χ3n) is 9.30. The van der Waals surface area contributed by atoms with Crippen molar-refractivity contribution in [3.05, 3.63) is 148 Å². The molecule has 0 amide bonds. The number of Topliss-reactive ketones (excluding diaryl/α,β-unsaturated/α-hetero) is 1. The van der Waals surface area contributed by atoms with Crippen LogP contribution < -0.4 is 44.4 Å². The second kappa shape index (κ2) is 14.2. The van der Waals surface area contributed by atoms with E-state index in [2.05, 4.69) is 4.98 Å². The Bertz CT molecular complexity index is 2810. The van der Waals surface area contributed by atoms with E-state index in [1.54, 1.807) is 78.9 Å². The van der Waals surface area contributed by atoms with Gasteiger partial charge in [0.2, 0.25) is 5.78 Å². The number of hydrogen-bond donors (Lipinski definition) is 5. The summed E-state index contributed by atoms with van der Waals surface area (Å²) in [5.41, 5.74) is 5.09. The Morgan fingerprint density at radius 3 is 1.85 bits per heavy atom. The Hall–Kier alpha value is -5.76. The first-order valence-electron chi connectivity index (χ1n) is 16.4. The van der Waals surface area contributed by atoms with Gasteiger partial charge in [-0.2, -0.15) is 0 Å². The molecule has 2 heterocycles. The van der Waals surface area contributed by atoms with Crippen LogP contribution in [-0.2, 0) is 23.4 Å². The molecule has 2 aromatic heterocycles. The maximum absolute atomic E-state index is 14.9. The maximum Gasteiger partial charge on any atom is 1.00 e. The van der Waals surface area contributed by atoms with E-state index < -0.39 is 16.2 Å². The summed E-state index contributed by atoms with van der Waals surface area (Å²) in [6, 6.07) is 30.9. The zero-order valence-corrected chi connectivity index (χ0v) is 31.5. The fourth-order valence-electron chi connectivity index (χ4n) is 7.00. The molecule has 0 radical (unpaired) electrons. The van der Waals surface area contributed by atoms with E-state index in [4.69, 9.17) is 4.18 Å². The minimum atomic E-state index is -5.18. The van der Waals surface area contributed by atoms with Gasteiger partial charge >= 0.3 is 29.6 Å². The second-order valence-corrected chi connectivity index (χ2v) is 13.6. The minimum Gasteiger partial charge on any atom is -0.716 e. The summed E-state index contributed by atoms with van der Waals surface area (Å²) >= 11 is 0. The van der Waals surface area contributed by atoms with Crippen LogP contribution in [0, 0.1) is 0 Å². The van der Waals surface area contributed by atoms with Gasteiger partial charge in [-0.15, -0.1) is 0 Å². The number of phenolic OH excluding ortho intramolecular Hbond substituents is 4. The number of carbonyl (C=O) groups excluding carboxylic acids is 1. The molecule has 0 spiro atoms. The second-order valence-electron chi connectivity index (χ2n) is 12.6. The predicted molar refractivity (Wildman–Crippen MR) is 197 cm³/mol. The summed E-state index contributed by atoms with van der Waals surface area (Å²) < 4.78 is 42.2. The topological polar surface area (TPSA) is 185 Å². The van der Waals surface area contributed by atoms with Gasteiger partial charge in [-0.1, -0.05) is 60.7 Å². The smallest absolute Gasteiger partial charge is 0.716 e. The summed E-state index contributed by atoms with van der Waals surface area (Å²) in [5.74, 6) is -0.463. The van der Waals surface area contributed by atoms with E-state index >= 15 is 0 Å². The van der Waals surface area contributed by atoms with E-state index in [9.17, 15) is 38.2 Å². The quantitative estimate of drug-likeness (QED) is 0.0885. The largest absolute Gasteiger partial charge is 1.00 e. The van der Waals surface area contributed by atoms with Crippen molar-refractivity contribution in [1.29, 1.82) is 0 Å². The first-order chi connectivity index (χ1) is 25.4. The number of fused-ring (bicyclic) bond motifs is 5. The summed E-state index contributed by atoms with van der Waals surface area (Å²) in [7, 11) is -5.18. The van der Waals surface area contributed by atoms with Crippen LogP contribution in [0.3, 0.4) is 0 Å². The fraction of sp³-hybridized carbons (Fsp3) is 0.0488. The van der Waals surface area contributed by atoms with Crippen LogP contribution in [0.5, 0.6) is 28.7 Å².